The Balaban J connectivity index is 1.25. The van der Waals surface area contributed by atoms with Crippen molar-refractivity contribution in [2.45, 2.75) is 38.5 Å². The molecule has 4 rings (SSSR count). The summed E-state index contributed by atoms with van der Waals surface area (Å²) in [4.78, 5) is 14.7. The molecule has 2 amide bonds. The van der Waals surface area contributed by atoms with Gasteiger partial charge in [0.05, 0.1) is 6.61 Å². The van der Waals surface area contributed by atoms with Gasteiger partial charge in [0, 0.05) is 31.7 Å². The lowest BCUT2D eigenvalue weighted by atomic mass is 10.1. The Kier molecular flexibility index (Phi) is 6.12. The molecule has 0 radical (unpaired) electrons. The van der Waals surface area contributed by atoms with E-state index in [1.54, 1.807) is 0 Å². The smallest absolute Gasteiger partial charge is 0.317 e. The van der Waals surface area contributed by atoms with Gasteiger partial charge in [0.15, 0.2) is 0 Å². The minimum absolute atomic E-state index is 0.0406. The highest BCUT2D eigenvalue weighted by Gasteiger charge is 2.34. The molecule has 1 aliphatic heterocycles. The number of carbonyl (C=O) groups is 1. The zero-order valence-electron chi connectivity index (χ0n) is 16.2. The Morgan fingerprint density at radius 2 is 1.82 bits per heavy atom. The highest BCUT2D eigenvalue weighted by molar-refractivity contribution is 5.75. The van der Waals surface area contributed by atoms with Crippen molar-refractivity contribution in [3.05, 3.63) is 65.7 Å². The van der Waals surface area contributed by atoms with E-state index < -0.39 is 0 Å². The summed E-state index contributed by atoms with van der Waals surface area (Å²) in [6.45, 7) is 3.49. The van der Waals surface area contributed by atoms with Crippen molar-refractivity contribution >= 4 is 6.03 Å². The number of hydrogen-bond acceptors (Lipinski definition) is 3. The van der Waals surface area contributed by atoms with Crippen LogP contribution >= 0.6 is 0 Å². The zero-order valence-corrected chi connectivity index (χ0v) is 16.2. The van der Waals surface area contributed by atoms with E-state index in [9.17, 15) is 4.79 Å². The topological polar surface area (TPSA) is 50.8 Å². The summed E-state index contributed by atoms with van der Waals surface area (Å²) in [5.74, 6) is 1.31. The highest BCUT2D eigenvalue weighted by atomic mass is 16.5. The summed E-state index contributed by atoms with van der Waals surface area (Å²) in [7, 11) is 0. The number of rotatable bonds is 8. The van der Waals surface area contributed by atoms with Gasteiger partial charge in [-0.3, -0.25) is 0 Å². The predicted molar refractivity (Wildman–Crippen MR) is 108 cm³/mol. The molecule has 1 heterocycles. The number of benzene rings is 2. The third kappa shape index (κ3) is 5.26. The van der Waals surface area contributed by atoms with E-state index in [0.29, 0.717) is 25.1 Å². The molecule has 2 aromatic rings. The average molecular weight is 380 g/mol. The Labute approximate surface area is 166 Å². The van der Waals surface area contributed by atoms with Gasteiger partial charge in [-0.05, 0) is 42.5 Å². The molecule has 1 saturated heterocycles. The fraction of sp³-hybridized carbons (Fsp3) is 0.435. The number of urea groups is 1. The van der Waals surface area contributed by atoms with E-state index in [1.165, 1.54) is 0 Å². The molecule has 0 bridgehead atoms. The summed E-state index contributed by atoms with van der Waals surface area (Å²) in [6.07, 6.45) is 3.30. The van der Waals surface area contributed by atoms with Crippen molar-refractivity contribution in [3.8, 4) is 5.75 Å². The van der Waals surface area contributed by atoms with E-state index in [0.717, 1.165) is 55.9 Å². The minimum atomic E-state index is 0.0406. The molecule has 1 aliphatic carbocycles. The second kappa shape index (κ2) is 9.11. The van der Waals surface area contributed by atoms with E-state index >= 15 is 0 Å². The lowest BCUT2D eigenvalue weighted by Crippen LogP contribution is -2.43. The van der Waals surface area contributed by atoms with Crippen LogP contribution < -0.4 is 10.1 Å². The number of nitrogens with zero attached hydrogens (tertiary/aromatic N) is 1. The van der Waals surface area contributed by atoms with E-state index in [2.05, 4.69) is 5.32 Å². The largest absolute Gasteiger partial charge is 0.489 e. The van der Waals surface area contributed by atoms with Gasteiger partial charge in [-0.15, -0.1) is 0 Å². The molecule has 1 saturated carbocycles. The molecule has 1 N–H and O–H groups in total. The summed E-state index contributed by atoms with van der Waals surface area (Å²) in [5.41, 5.74) is 2.21. The standard InChI is InChI=1S/C23H28N2O3/c26-23(25(21-8-9-21)15-20-12-13-27-16-20)24-14-18-6-10-22(11-7-18)28-17-19-4-2-1-3-5-19/h1-7,10-11,20-21H,8-9,12-17H2,(H,24,26). The van der Waals surface area contributed by atoms with Gasteiger partial charge in [0.25, 0.3) is 0 Å². The first-order valence-corrected chi connectivity index (χ1v) is 10.2. The number of nitrogens with one attached hydrogen (secondary N) is 1. The maximum atomic E-state index is 12.7. The van der Waals surface area contributed by atoms with Gasteiger partial charge in [-0.2, -0.15) is 0 Å². The van der Waals surface area contributed by atoms with Crippen LogP contribution in [0.2, 0.25) is 0 Å². The fourth-order valence-electron chi connectivity index (χ4n) is 3.51. The monoisotopic (exact) mass is 380 g/mol. The third-order valence-corrected chi connectivity index (χ3v) is 5.34. The molecular weight excluding hydrogens is 352 g/mol. The lowest BCUT2D eigenvalue weighted by molar-refractivity contribution is 0.162. The van der Waals surface area contributed by atoms with E-state index in [1.807, 2.05) is 59.5 Å². The van der Waals surface area contributed by atoms with Crippen molar-refractivity contribution < 1.29 is 14.3 Å². The lowest BCUT2D eigenvalue weighted by Gasteiger charge is -2.25. The first-order valence-electron chi connectivity index (χ1n) is 10.2. The summed E-state index contributed by atoms with van der Waals surface area (Å²) >= 11 is 0. The van der Waals surface area contributed by atoms with Crippen LogP contribution in [0.1, 0.15) is 30.4 Å². The van der Waals surface area contributed by atoms with Crippen LogP contribution in [0.3, 0.4) is 0 Å². The molecule has 0 aromatic heterocycles. The van der Waals surface area contributed by atoms with Gasteiger partial charge in [-0.25, -0.2) is 4.79 Å². The van der Waals surface area contributed by atoms with Crippen molar-refractivity contribution in [1.29, 1.82) is 0 Å². The van der Waals surface area contributed by atoms with Gasteiger partial charge in [0.1, 0.15) is 12.4 Å². The van der Waals surface area contributed by atoms with Crippen LogP contribution in [0.5, 0.6) is 5.75 Å². The number of carbonyl (C=O) groups excluding carboxylic acids is 1. The maximum Gasteiger partial charge on any atom is 0.317 e. The first-order chi connectivity index (χ1) is 13.8. The van der Waals surface area contributed by atoms with Crippen molar-refractivity contribution in [2.75, 3.05) is 19.8 Å². The summed E-state index contributed by atoms with van der Waals surface area (Å²) in [5, 5.41) is 3.08. The van der Waals surface area contributed by atoms with E-state index in [4.69, 9.17) is 9.47 Å². The van der Waals surface area contributed by atoms with Crippen LogP contribution in [-0.2, 0) is 17.9 Å². The predicted octanol–water partition coefficient (Wildman–Crippen LogP) is 3.98. The molecule has 1 atom stereocenters. The quantitative estimate of drug-likeness (QED) is 0.754. The van der Waals surface area contributed by atoms with Crippen LogP contribution in [0.4, 0.5) is 4.79 Å². The SMILES string of the molecule is O=C(NCc1ccc(OCc2ccccc2)cc1)N(CC1CCOC1)C1CC1. The second-order valence-corrected chi connectivity index (χ2v) is 7.69. The molecule has 2 fully saturated rings. The molecular formula is C23H28N2O3. The van der Waals surface area contributed by atoms with Gasteiger partial charge in [-0.1, -0.05) is 42.5 Å². The molecule has 2 aliphatic rings. The molecule has 2 aromatic carbocycles. The molecule has 1 unspecified atom stereocenters. The Bertz CT molecular complexity index is 753. The minimum Gasteiger partial charge on any atom is -0.489 e. The molecule has 5 nitrogen and oxygen atoms in total. The molecule has 28 heavy (non-hydrogen) atoms. The van der Waals surface area contributed by atoms with Crippen LogP contribution in [0.25, 0.3) is 0 Å². The normalized spacial score (nSPS) is 18.6. The van der Waals surface area contributed by atoms with Gasteiger partial charge >= 0.3 is 6.03 Å². The van der Waals surface area contributed by atoms with Crippen molar-refractivity contribution in [2.24, 2.45) is 5.92 Å². The Morgan fingerprint density at radius 3 is 2.50 bits per heavy atom. The first kappa shape index (κ1) is 18.8. The fourth-order valence-corrected chi connectivity index (χ4v) is 3.51. The maximum absolute atomic E-state index is 12.7. The molecule has 148 valence electrons. The van der Waals surface area contributed by atoms with Crippen LogP contribution in [-0.4, -0.2) is 36.7 Å². The number of amides is 2. The summed E-state index contributed by atoms with van der Waals surface area (Å²) in [6, 6.07) is 18.5. The van der Waals surface area contributed by atoms with Crippen LogP contribution in [0.15, 0.2) is 54.6 Å². The third-order valence-electron chi connectivity index (χ3n) is 5.34. The average Bonchev–Trinajstić information content (AvgIpc) is 3.45. The second-order valence-electron chi connectivity index (χ2n) is 7.69. The van der Waals surface area contributed by atoms with Crippen molar-refractivity contribution in [3.63, 3.8) is 0 Å². The molecule has 0 spiro atoms. The van der Waals surface area contributed by atoms with E-state index in [-0.39, 0.29) is 6.03 Å². The number of hydrogen-bond donors (Lipinski definition) is 1. The van der Waals surface area contributed by atoms with Crippen LogP contribution in [0, 0.1) is 5.92 Å². The number of ether oxygens (including phenoxy) is 2. The van der Waals surface area contributed by atoms with Gasteiger partial charge in [0.2, 0.25) is 0 Å². The highest BCUT2D eigenvalue weighted by Crippen LogP contribution is 2.29. The van der Waals surface area contributed by atoms with Crippen molar-refractivity contribution in [1.82, 2.24) is 10.2 Å². The summed E-state index contributed by atoms with van der Waals surface area (Å²) < 4.78 is 11.3. The Morgan fingerprint density at radius 1 is 1.04 bits per heavy atom. The molecule has 5 heteroatoms. The Hall–Kier alpha value is -2.53. The van der Waals surface area contributed by atoms with Gasteiger partial charge < -0.3 is 19.7 Å². The zero-order chi connectivity index (χ0) is 19.2.